The van der Waals surface area contributed by atoms with Gasteiger partial charge in [-0.05, 0) is 12.5 Å². The second-order valence-electron chi connectivity index (χ2n) is 3.19. The molecule has 0 saturated carbocycles. The van der Waals surface area contributed by atoms with Gasteiger partial charge in [0.05, 0.1) is 6.61 Å². The van der Waals surface area contributed by atoms with Crippen LogP contribution in [0, 0.1) is 0 Å². The van der Waals surface area contributed by atoms with Gasteiger partial charge in [-0.1, -0.05) is 30.3 Å². The molecule has 0 aliphatic rings. The number of nitrogens with one attached hydrogen (secondary N) is 1. The van der Waals surface area contributed by atoms with E-state index in [9.17, 15) is 4.79 Å². The van der Waals surface area contributed by atoms with Crippen molar-refractivity contribution >= 4 is 11.5 Å². The molecule has 0 amide bonds. The molecular formula is C12H15NO2. The van der Waals surface area contributed by atoms with Crippen molar-refractivity contribution in [3.8, 4) is 0 Å². The predicted octanol–water partition coefficient (Wildman–Crippen LogP) is 1.20. The van der Waals surface area contributed by atoms with Gasteiger partial charge >= 0.3 is 0 Å². The maximum Gasteiger partial charge on any atom is 0.154 e. The van der Waals surface area contributed by atoms with Crippen molar-refractivity contribution in [2.24, 2.45) is 0 Å². The highest BCUT2D eigenvalue weighted by molar-refractivity contribution is 5.94. The Hall–Kier alpha value is -1.61. The zero-order valence-electron chi connectivity index (χ0n) is 8.73. The Labute approximate surface area is 89.4 Å². The Morgan fingerprint density at radius 2 is 2.07 bits per heavy atom. The molecular weight excluding hydrogens is 190 g/mol. The molecule has 3 heteroatoms. The van der Waals surface area contributed by atoms with Crippen molar-refractivity contribution in [2.45, 2.75) is 6.92 Å². The van der Waals surface area contributed by atoms with E-state index < -0.39 is 0 Å². The maximum absolute atomic E-state index is 11.0. The van der Waals surface area contributed by atoms with Crippen molar-refractivity contribution in [1.29, 1.82) is 0 Å². The van der Waals surface area contributed by atoms with Gasteiger partial charge in [0.2, 0.25) is 0 Å². The SMILES string of the molecule is CC(=O)/C=C(/NCCO)c1ccccc1. The minimum absolute atomic E-state index is 0.0145. The van der Waals surface area contributed by atoms with Crippen molar-refractivity contribution < 1.29 is 9.90 Å². The Balaban J connectivity index is 2.86. The predicted molar refractivity (Wildman–Crippen MR) is 60.2 cm³/mol. The Kier molecular flexibility index (Phi) is 4.57. The summed E-state index contributed by atoms with van der Waals surface area (Å²) in [5.41, 5.74) is 1.69. The van der Waals surface area contributed by atoms with Crippen LogP contribution in [0.4, 0.5) is 0 Å². The normalized spacial score (nSPS) is 11.2. The summed E-state index contributed by atoms with van der Waals surface area (Å²) in [6.07, 6.45) is 1.53. The Morgan fingerprint density at radius 1 is 1.40 bits per heavy atom. The van der Waals surface area contributed by atoms with Gasteiger partial charge in [-0.3, -0.25) is 4.79 Å². The van der Waals surface area contributed by atoms with E-state index in [1.165, 1.54) is 13.0 Å². The molecule has 0 unspecified atom stereocenters. The number of benzene rings is 1. The Morgan fingerprint density at radius 3 is 2.60 bits per heavy atom. The first-order valence-corrected chi connectivity index (χ1v) is 4.86. The molecule has 0 aromatic heterocycles. The molecule has 0 fully saturated rings. The molecule has 0 heterocycles. The molecule has 0 atom stereocenters. The van der Waals surface area contributed by atoms with Crippen molar-refractivity contribution in [2.75, 3.05) is 13.2 Å². The molecule has 3 nitrogen and oxygen atoms in total. The van der Waals surface area contributed by atoms with Crippen LogP contribution < -0.4 is 5.32 Å². The number of carbonyl (C=O) groups excluding carboxylic acids is 1. The third-order valence-corrected chi connectivity index (χ3v) is 1.86. The number of carbonyl (C=O) groups is 1. The summed E-state index contributed by atoms with van der Waals surface area (Å²) in [6, 6.07) is 9.56. The monoisotopic (exact) mass is 205 g/mol. The van der Waals surface area contributed by atoms with Crippen LogP contribution in [0.25, 0.3) is 5.70 Å². The lowest BCUT2D eigenvalue weighted by molar-refractivity contribution is -0.112. The van der Waals surface area contributed by atoms with Crippen LogP contribution in [-0.4, -0.2) is 24.0 Å². The van der Waals surface area contributed by atoms with Crippen LogP contribution in [0.3, 0.4) is 0 Å². The van der Waals surface area contributed by atoms with Crippen LogP contribution in [-0.2, 0) is 4.79 Å². The van der Waals surface area contributed by atoms with E-state index >= 15 is 0 Å². The first-order chi connectivity index (χ1) is 7.24. The lowest BCUT2D eigenvalue weighted by atomic mass is 10.1. The molecule has 0 spiro atoms. The summed E-state index contributed by atoms with van der Waals surface area (Å²) in [7, 11) is 0. The molecule has 0 radical (unpaired) electrons. The quantitative estimate of drug-likeness (QED) is 0.710. The molecule has 1 aromatic carbocycles. The van der Waals surface area contributed by atoms with Crippen LogP contribution in [0.1, 0.15) is 12.5 Å². The van der Waals surface area contributed by atoms with E-state index in [1.54, 1.807) is 0 Å². The zero-order valence-corrected chi connectivity index (χ0v) is 8.73. The molecule has 1 aromatic rings. The van der Waals surface area contributed by atoms with E-state index in [2.05, 4.69) is 5.32 Å². The summed E-state index contributed by atoms with van der Waals surface area (Å²) >= 11 is 0. The fourth-order valence-corrected chi connectivity index (χ4v) is 1.25. The van der Waals surface area contributed by atoms with Gasteiger partial charge < -0.3 is 10.4 Å². The van der Waals surface area contributed by atoms with E-state index in [1.807, 2.05) is 30.3 Å². The average molecular weight is 205 g/mol. The smallest absolute Gasteiger partial charge is 0.154 e. The van der Waals surface area contributed by atoms with Crippen LogP contribution >= 0.6 is 0 Å². The van der Waals surface area contributed by atoms with Gasteiger partial charge in [0.15, 0.2) is 5.78 Å². The average Bonchev–Trinajstić information content (AvgIpc) is 2.25. The molecule has 0 aliphatic heterocycles. The molecule has 0 saturated heterocycles. The van der Waals surface area contributed by atoms with E-state index in [0.29, 0.717) is 6.54 Å². The van der Waals surface area contributed by atoms with E-state index in [0.717, 1.165) is 11.3 Å². The van der Waals surface area contributed by atoms with Gasteiger partial charge in [0.25, 0.3) is 0 Å². The van der Waals surface area contributed by atoms with Crippen LogP contribution in [0.2, 0.25) is 0 Å². The molecule has 15 heavy (non-hydrogen) atoms. The largest absolute Gasteiger partial charge is 0.395 e. The van der Waals surface area contributed by atoms with E-state index in [-0.39, 0.29) is 12.4 Å². The van der Waals surface area contributed by atoms with Crippen LogP contribution in [0.5, 0.6) is 0 Å². The van der Waals surface area contributed by atoms with Gasteiger partial charge in [0.1, 0.15) is 0 Å². The molecule has 0 aliphatic carbocycles. The first kappa shape index (κ1) is 11.5. The van der Waals surface area contributed by atoms with Crippen molar-refractivity contribution in [1.82, 2.24) is 5.32 Å². The van der Waals surface area contributed by atoms with Gasteiger partial charge in [0, 0.05) is 18.3 Å². The first-order valence-electron chi connectivity index (χ1n) is 4.86. The number of ketones is 1. The van der Waals surface area contributed by atoms with Gasteiger partial charge in [-0.15, -0.1) is 0 Å². The molecule has 1 rings (SSSR count). The van der Waals surface area contributed by atoms with Crippen molar-refractivity contribution in [3.05, 3.63) is 42.0 Å². The summed E-state index contributed by atoms with van der Waals surface area (Å²) in [5, 5.41) is 11.7. The Bertz CT molecular complexity index is 344. The number of rotatable bonds is 5. The third kappa shape index (κ3) is 3.95. The molecule has 80 valence electrons. The standard InChI is InChI=1S/C12H15NO2/c1-10(15)9-12(13-7-8-14)11-5-3-2-4-6-11/h2-6,9,13-14H,7-8H2,1H3/b12-9+. The third-order valence-electron chi connectivity index (χ3n) is 1.86. The van der Waals surface area contributed by atoms with Crippen LogP contribution in [0.15, 0.2) is 36.4 Å². The second kappa shape index (κ2) is 5.98. The number of allylic oxidation sites excluding steroid dienone is 1. The maximum atomic E-state index is 11.0. The number of aliphatic hydroxyl groups is 1. The highest BCUT2D eigenvalue weighted by Crippen LogP contribution is 2.10. The number of hydrogen-bond donors (Lipinski definition) is 2. The van der Waals surface area contributed by atoms with Gasteiger partial charge in [-0.2, -0.15) is 0 Å². The highest BCUT2D eigenvalue weighted by Gasteiger charge is 2.00. The summed E-state index contributed by atoms with van der Waals surface area (Å²) in [4.78, 5) is 11.0. The van der Waals surface area contributed by atoms with Gasteiger partial charge in [-0.25, -0.2) is 0 Å². The van der Waals surface area contributed by atoms with E-state index in [4.69, 9.17) is 5.11 Å². The number of hydrogen-bond acceptors (Lipinski definition) is 3. The zero-order chi connectivity index (χ0) is 11.1. The minimum Gasteiger partial charge on any atom is -0.395 e. The fraction of sp³-hybridized carbons (Fsp3) is 0.250. The fourth-order valence-electron chi connectivity index (χ4n) is 1.25. The second-order valence-corrected chi connectivity index (χ2v) is 3.19. The highest BCUT2D eigenvalue weighted by atomic mass is 16.3. The number of aliphatic hydroxyl groups excluding tert-OH is 1. The topological polar surface area (TPSA) is 49.3 Å². The minimum atomic E-state index is -0.0145. The molecule has 2 N–H and O–H groups in total. The summed E-state index contributed by atoms with van der Waals surface area (Å²) < 4.78 is 0. The lowest BCUT2D eigenvalue weighted by Gasteiger charge is -2.09. The summed E-state index contributed by atoms with van der Waals surface area (Å²) in [5.74, 6) is -0.0145. The van der Waals surface area contributed by atoms with Crippen molar-refractivity contribution in [3.63, 3.8) is 0 Å². The summed E-state index contributed by atoms with van der Waals surface area (Å²) in [6.45, 7) is 1.99. The lowest BCUT2D eigenvalue weighted by Crippen LogP contribution is -2.17. The molecule has 0 bridgehead atoms.